The van der Waals surface area contributed by atoms with Crippen molar-refractivity contribution in [1.82, 2.24) is 4.57 Å². The zero-order chi connectivity index (χ0) is 12.8. The second-order valence-corrected chi connectivity index (χ2v) is 5.28. The van der Waals surface area contributed by atoms with Crippen molar-refractivity contribution in [3.8, 4) is 0 Å². The smallest absolute Gasteiger partial charge is 0.352 e. The average Bonchev–Trinajstić information content (AvgIpc) is 2.59. The molecule has 1 heterocycles. The van der Waals surface area contributed by atoms with Crippen LogP contribution in [0.1, 0.15) is 30.8 Å². The Hall–Kier alpha value is -0.810. The molecule has 0 unspecified atom stereocenters. The third kappa shape index (κ3) is 4.91. The van der Waals surface area contributed by atoms with Crippen molar-refractivity contribution < 1.29 is 14.6 Å². The summed E-state index contributed by atoms with van der Waals surface area (Å²) < 4.78 is 7.97. The van der Waals surface area contributed by atoms with Crippen molar-refractivity contribution in [2.75, 3.05) is 13.2 Å². The highest BCUT2D eigenvalue weighted by Gasteiger charge is 2.10. The molecule has 5 heteroatoms. The Morgan fingerprint density at radius 2 is 2.29 bits per heavy atom. The van der Waals surface area contributed by atoms with Gasteiger partial charge in [0.25, 0.3) is 0 Å². The van der Waals surface area contributed by atoms with Crippen LogP contribution in [0, 0.1) is 5.92 Å². The number of aromatic nitrogens is 1. The molecule has 0 aliphatic heterocycles. The minimum Gasteiger partial charge on any atom is -0.477 e. The summed E-state index contributed by atoms with van der Waals surface area (Å²) in [6.07, 6.45) is 2.60. The van der Waals surface area contributed by atoms with E-state index in [1.165, 1.54) is 0 Å². The lowest BCUT2D eigenvalue weighted by Gasteiger charge is -2.08. The van der Waals surface area contributed by atoms with Crippen molar-refractivity contribution in [2.45, 2.75) is 26.8 Å². The van der Waals surface area contributed by atoms with Gasteiger partial charge in [0.05, 0.1) is 0 Å². The van der Waals surface area contributed by atoms with Crippen molar-refractivity contribution in [1.29, 1.82) is 0 Å². The van der Waals surface area contributed by atoms with Gasteiger partial charge in [0, 0.05) is 30.4 Å². The molecule has 96 valence electrons. The van der Waals surface area contributed by atoms with Gasteiger partial charge in [-0.1, -0.05) is 13.8 Å². The molecular formula is C12H18BrNO3. The minimum atomic E-state index is -0.904. The fraction of sp³-hybridized carbons (Fsp3) is 0.583. The van der Waals surface area contributed by atoms with Gasteiger partial charge in [0.1, 0.15) is 5.69 Å². The van der Waals surface area contributed by atoms with Crippen molar-refractivity contribution >= 4 is 21.9 Å². The first-order valence-electron chi connectivity index (χ1n) is 5.67. The van der Waals surface area contributed by atoms with Crippen molar-refractivity contribution in [3.63, 3.8) is 0 Å². The Morgan fingerprint density at radius 3 is 2.88 bits per heavy atom. The first kappa shape index (κ1) is 14.3. The van der Waals surface area contributed by atoms with Gasteiger partial charge in [-0.25, -0.2) is 4.79 Å². The Bertz CT molecular complexity index is 374. The zero-order valence-corrected chi connectivity index (χ0v) is 11.7. The molecule has 0 saturated carbocycles. The predicted octanol–water partition coefficient (Wildman–Crippen LogP) is 3.01. The number of aromatic carboxylic acids is 1. The fourth-order valence-corrected chi connectivity index (χ4v) is 1.96. The van der Waals surface area contributed by atoms with Crippen LogP contribution in [0.5, 0.6) is 0 Å². The summed E-state index contributed by atoms with van der Waals surface area (Å²) in [6, 6.07) is 1.61. The normalized spacial score (nSPS) is 11.1. The van der Waals surface area contributed by atoms with Gasteiger partial charge in [-0.15, -0.1) is 0 Å². The molecular weight excluding hydrogens is 286 g/mol. The minimum absolute atomic E-state index is 0.306. The fourth-order valence-electron chi connectivity index (χ4n) is 1.49. The summed E-state index contributed by atoms with van der Waals surface area (Å²) in [5, 5.41) is 8.98. The second-order valence-electron chi connectivity index (χ2n) is 4.36. The van der Waals surface area contributed by atoms with Gasteiger partial charge in [0.15, 0.2) is 0 Å². The van der Waals surface area contributed by atoms with Gasteiger partial charge in [-0.2, -0.15) is 0 Å². The summed E-state index contributed by atoms with van der Waals surface area (Å²) in [5.74, 6) is -0.371. The second kappa shape index (κ2) is 6.81. The van der Waals surface area contributed by atoms with Crippen LogP contribution in [0.15, 0.2) is 16.7 Å². The van der Waals surface area contributed by atoms with Crippen LogP contribution >= 0.6 is 15.9 Å². The van der Waals surface area contributed by atoms with E-state index < -0.39 is 5.97 Å². The number of nitrogens with zero attached hydrogens (tertiary/aromatic N) is 1. The van der Waals surface area contributed by atoms with E-state index in [1.54, 1.807) is 16.8 Å². The third-order valence-corrected chi connectivity index (χ3v) is 2.65. The van der Waals surface area contributed by atoms with Crippen LogP contribution < -0.4 is 0 Å². The summed E-state index contributed by atoms with van der Waals surface area (Å²) in [6.45, 7) is 6.27. The molecule has 0 saturated heterocycles. The van der Waals surface area contributed by atoms with Crippen molar-refractivity contribution in [2.24, 2.45) is 5.92 Å². The highest BCUT2D eigenvalue weighted by molar-refractivity contribution is 9.10. The topological polar surface area (TPSA) is 51.5 Å². The number of carboxylic acid groups (broad SMARTS) is 1. The standard InChI is InChI=1S/C12H18BrNO3/c1-9(2)8-17-5-3-4-14-7-10(13)6-11(14)12(15)16/h6-7,9H,3-5,8H2,1-2H3,(H,15,16). The maximum atomic E-state index is 10.9. The van der Waals surface area contributed by atoms with Crippen LogP contribution in [0.25, 0.3) is 0 Å². The van der Waals surface area contributed by atoms with E-state index in [9.17, 15) is 4.79 Å². The summed E-state index contributed by atoms with van der Waals surface area (Å²) in [7, 11) is 0. The first-order valence-corrected chi connectivity index (χ1v) is 6.46. The Morgan fingerprint density at radius 1 is 1.59 bits per heavy atom. The molecule has 0 aliphatic carbocycles. The van der Waals surface area contributed by atoms with Crippen LogP contribution in [-0.2, 0) is 11.3 Å². The van der Waals surface area contributed by atoms with Gasteiger partial charge in [0.2, 0.25) is 0 Å². The molecule has 1 rings (SSSR count). The van der Waals surface area contributed by atoms with E-state index in [0.717, 1.165) is 17.5 Å². The van der Waals surface area contributed by atoms with E-state index in [0.29, 0.717) is 24.8 Å². The Kier molecular flexibility index (Phi) is 5.71. The third-order valence-electron chi connectivity index (χ3n) is 2.22. The Labute approximate surface area is 110 Å². The number of hydrogen-bond donors (Lipinski definition) is 1. The molecule has 1 aromatic rings. The predicted molar refractivity (Wildman–Crippen MR) is 69.4 cm³/mol. The molecule has 0 fully saturated rings. The molecule has 4 nitrogen and oxygen atoms in total. The van der Waals surface area contributed by atoms with Crippen LogP contribution in [0.2, 0.25) is 0 Å². The molecule has 0 aliphatic rings. The number of halogens is 1. The number of ether oxygens (including phenoxy) is 1. The molecule has 17 heavy (non-hydrogen) atoms. The summed E-state index contributed by atoms with van der Waals surface area (Å²) in [5.41, 5.74) is 0.306. The zero-order valence-electron chi connectivity index (χ0n) is 10.1. The van der Waals surface area contributed by atoms with E-state index in [-0.39, 0.29) is 0 Å². The van der Waals surface area contributed by atoms with E-state index in [1.807, 2.05) is 0 Å². The van der Waals surface area contributed by atoms with Gasteiger partial charge < -0.3 is 14.4 Å². The van der Waals surface area contributed by atoms with Gasteiger partial charge in [-0.05, 0) is 34.3 Å². The van der Waals surface area contributed by atoms with Crippen molar-refractivity contribution in [3.05, 3.63) is 22.4 Å². The average molecular weight is 304 g/mol. The molecule has 0 amide bonds. The lowest BCUT2D eigenvalue weighted by Crippen LogP contribution is -2.10. The SMILES string of the molecule is CC(C)COCCCn1cc(Br)cc1C(=O)O. The summed E-state index contributed by atoms with van der Waals surface area (Å²) >= 11 is 3.28. The van der Waals surface area contributed by atoms with Gasteiger partial charge in [-0.3, -0.25) is 0 Å². The molecule has 1 N–H and O–H groups in total. The monoisotopic (exact) mass is 303 g/mol. The first-order chi connectivity index (χ1) is 8.00. The number of hydrogen-bond acceptors (Lipinski definition) is 2. The van der Waals surface area contributed by atoms with E-state index in [2.05, 4.69) is 29.8 Å². The summed E-state index contributed by atoms with van der Waals surface area (Å²) in [4.78, 5) is 10.9. The maximum absolute atomic E-state index is 10.9. The lowest BCUT2D eigenvalue weighted by molar-refractivity contribution is 0.0682. The van der Waals surface area contributed by atoms with E-state index in [4.69, 9.17) is 9.84 Å². The quantitative estimate of drug-likeness (QED) is 0.788. The highest BCUT2D eigenvalue weighted by Crippen LogP contribution is 2.15. The number of carboxylic acids is 1. The number of rotatable bonds is 7. The molecule has 0 bridgehead atoms. The molecule has 0 atom stereocenters. The highest BCUT2D eigenvalue weighted by atomic mass is 79.9. The molecule has 0 spiro atoms. The number of aryl methyl sites for hydroxylation is 1. The van der Waals surface area contributed by atoms with Crippen LogP contribution in [-0.4, -0.2) is 28.9 Å². The van der Waals surface area contributed by atoms with E-state index >= 15 is 0 Å². The lowest BCUT2D eigenvalue weighted by atomic mass is 10.2. The largest absolute Gasteiger partial charge is 0.477 e. The van der Waals surface area contributed by atoms with Gasteiger partial charge >= 0.3 is 5.97 Å². The maximum Gasteiger partial charge on any atom is 0.352 e. The molecule has 0 radical (unpaired) electrons. The van der Waals surface area contributed by atoms with Crippen LogP contribution in [0.4, 0.5) is 0 Å². The van der Waals surface area contributed by atoms with Crippen LogP contribution in [0.3, 0.4) is 0 Å². The number of carbonyl (C=O) groups is 1. The Balaban J connectivity index is 2.38. The molecule has 0 aromatic carbocycles. The molecule has 1 aromatic heterocycles.